The first-order valence-electron chi connectivity index (χ1n) is 26.5. The molecular weight excluding hydrogens is 765 g/mol. The van der Waals surface area contributed by atoms with E-state index in [9.17, 15) is 9.59 Å². The van der Waals surface area contributed by atoms with Crippen molar-refractivity contribution in [2.45, 2.75) is 258 Å². The highest BCUT2D eigenvalue weighted by molar-refractivity contribution is 5.70. The van der Waals surface area contributed by atoms with Gasteiger partial charge in [0, 0.05) is 19.4 Å². The topological polar surface area (TPSA) is 61.8 Å². The van der Waals surface area contributed by atoms with Crippen LogP contribution in [-0.2, 0) is 23.8 Å². The van der Waals surface area contributed by atoms with Crippen LogP contribution >= 0.6 is 0 Å². The van der Waals surface area contributed by atoms with Crippen LogP contribution in [0.15, 0.2) is 72.9 Å². The maximum atomic E-state index is 12.7. The van der Waals surface area contributed by atoms with Crippen molar-refractivity contribution in [3.05, 3.63) is 72.9 Å². The number of esters is 2. The Labute approximate surface area is 385 Å². The lowest BCUT2D eigenvalue weighted by Crippen LogP contribution is -2.30. The van der Waals surface area contributed by atoms with Crippen LogP contribution < -0.4 is 0 Å². The number of unbranched alkanes of at least 4 members (excludes halogenated alkanes) is 25. The van der Waals surface area contributed by atoms with Gasteiger partial charge in [-0.2, -0.15) is 0 Å². The van der Waals surface area contributed by atoms with E-state index in [4.69, 9.17) is 14.2 Å². The Morgan fingerprint density at radius 1 is 0.371 bits per heavy atom. The summed E-state index contributed by atoms with van der Waals surface area (Å²) in [5.41, 5.74) is 0. The molecule has 0 spiro atoms. The van der Waals surface area contributed by atoms with Crippen LogP contribution in [0, 0.1) is 0 Å². The first kappa shape index (κ1) is 59.3. The van der Waals surface area contributed by atoms with E-state index >= 15 is 0 Å². The summed E-state index contributed by atoms with van der Waals surface area (Å²) in [5.74, 6) is -0.410. The molecule has 1 unspecified atom stereocenters. The van der Waals surface area contributed by atoms with Gasteiger partial charge in [0.05, 0.1) is 6.61 Å². The van der Waals surface area contributed by atoms with E-state index in [0.29, 0.717) is 19.4 Å². The van der Waals surface area contributed by atoms with Gasteiger partial charge in [-0.25, -0.2) is 0 Å². The summed E-state index contributed by atoms with van der Waals surface area (Å²) in [7, 11) is 0. The SMILES string of the molecule is CC/C=C\C/C=C\C/C=C\C/C=C\CCCCCCCCCOCC(COC(=O)CCCCCCCCCCC/C=C\C/C=C\CCCCC)OC(=O)CCCCCCCCC. The highest BCUT2D eigenvalue weighted by Crippen LogP contribution is 2.14. The number of hydrogen-bond donors (Lipinski definition) is 0. The van der Waals surface area contributed by atoms with Crippen molar-refractivity contribution in [3.63, 3.8) is 0 Å². The molecular formula is C57H100O5. The summed E-state index contributed by atoms with van der Waals surface area (Å²) in [6.07, 6.45) is 67.8. The number of carbonyl (C=O) groups excluding carboxylic acids is 2. The van der Waals surface area contributed by atoms with Gasteiger partial charge in [-0.05, 0) is 89.9 Å². The zero-order valence-electron chi connectivity index (χ0n) is 41.1. The summed E-state index contributed by atoms with van der Waals surface area (Å²) in [5, 5.41) is 0. The molecule has 0 aromatic rings. The third-order valence-corrected chi connectivity index (χ3v) is 11.2. The van der Waals surface area contributed by atoms with Crippen LogP contribution in [0.3, 0.4) is 0 Å². The second kappa shape index (κ2) is 52.7. The number of rotatable bonds is 48. The van der Waals surface area contributed by atoms with Gasteiger partial charge in [-0.3, -0.25) is 9.59 Å². The normalized spacial score (nSPS) is 12.8. The molecule has 0 saturated heterocycles. The molecule has 1 atom stereocenters. The van der Waals surface area contributed by atoms with Crippen LogP contribution in [0.5, 0.6) is 0 Å². The average molecular weight is 865 g/mol. The minimum atomic E-state index is -0.542. The molecule has 0 bridgehead atoms. The molecule has 62 heavy (non-hydrogen) atoms. The molecule has 0 rings (SSSR count). The minimum absolute atomic E-state index is 0.0778. The molecule has 5 heteroatoms. The van der Waals surface area contributed by atoms with Crippen molar-refractivity contribution in [2.24, 2.45) is 0 Å². The molecule has 0 aromatic carbocycles. The van der Waals surface area contributed by atoms with Crippen molar-refractivity contribution in [3.8, 4) is 0 Å². The summed E-state index contributed by atoms with van der Waals surface area (Å²) in [6, 6.07) is 0. The first-order chi connectivity index (χ1) is 30.6. The molecule has 0 amide bonds. The van der Waals surface area contributed by atoms with Gasteiger partial charge in [0.1, 0.15) is 6.61 Å². The summed E-state index contributed by atoms with van der Waals surface area (Å²) in [4.78, 5) is 25.3. The third-order valence-electron chi connectivity index (χ3n) is 11.2. The molecule has 0 aliphatic rings. The number of carbonyl (C=O) groups is 2. The van der Waals surface area contributed by atoms with Crippen LogP contribution in [0.4, 0.5) is 0 Å². The largest absolute Gasteiger partial charge is 0.462 e. The highest BCUT2D eigenvalue weighted by atomic mass is 16.6. The van der Waals surface area contributed by atoms with E-state index in [-0.39, 0.29) is 25.2 Å². The molecule has 0 radical (unpaired) electrons. The van der Waals surface area contributed by atoms with Crippen molar-refractivity contribution in [1.29, 1.82) is 0 Å². The van der Waals surface area contributed by atoms with Crippen LogP contribution in [0.2, 0.25) is 0 Å². The maximum absolute atomic E-state index is 12.7. The standard InChI is InChI=1S/C57H100O5/c1-4-7-10-13-16-18-20-22-24-26-28-30-32-34-36-38-40-43-46-49-52-60-53-55(62-57(59)51-48-45-41-15-12-9-6-3)54-61-56(58)50-47-44-42-39-37-35-33-31-29-27-25-23-21-19-17-14-11-8-5-2/h7,10,16-19,22-25,28,30,55H,4-6,8-9,11-15,20-21,26-27,29,31-54H2,1-3H3/b10-7-,18-16-,19-17-,24-22-,25-23-,30-28-. The van der Waals surface area contributed by atoms with E-state index in [0.717, 1.165) is 70.6 Å². The van der Waals surface area contributed by atoms with Gasteiger partial charge in [0.15, 0.2) is 6.10 Å². The van der Waals surface area contributed by atoms with E-state index in [1.807, 2.05) is 0 Å². The van der Waals surface area contributed by atoms with Crippen LogP contribution in [0.25, 0.3) is 0 Å². The van der Waals surface area contributed by atoms with E-state index in [1.54, 1.807) is 0 Å². The zero-order valence-corrected chi connectivity index (χ0v) is 41.1. The van der Waals surface area contributed by atoms with E-state index in [1.165, 1.54) is 148 Å². The predicted octanol–water partition coefficient (Wildman–Crippen LogP) is 17.9. The lowest BCUT2D eigenvalue weighted by molar-refractivity contribution is -0.163. The quantitative estimate of drug-likeness (QED) is 0.0346. The Balaban J connectivity index is 4.12. The van der Waals surface area contributed by atoms with Crippen molar-refractivity contribution in [2.75, 3.05) is 19.8 Å². The molecule has 0 aromatic heterocycles. The molecule has 5 nitrogen and oxygen atoms in total. The van der Waals surface area contributed by atoms with Gasteiger partial charge in [-0.15, -0.1) is 0 Å². The second-order valence-corrected chi connectivity index (χ2v) is 17.4. The van der Waals surface area contributed by atoms with E-state index in [2.05, 4.69) is 93.7 Å². The van der Waals surface area contributed by atoms with Gasteiger partial charge < -0.3 is 14.2 Å². The summed E-state index contributed by atoms with van der Waals surface area (Å²) < 4.78 is 17.3. The monoisotopic (exact) mass is 865 g/mol. The molecule has 358 valence electrons. The molecule has 0 N–H and O–H groups in total. The molecule has 0 fully saturated rings. The van der Waals surface area contributed by atoms with Gasteiger partial charge in [0.25, 0.3) is 0 Å². The number of ether oxygens (including phenoxy) is 3. The maximum Gasteiger partial charge on any atom is 0.306 e. The van der Waals surface area contributed by atoms with Gasteiger partial charge >= 0.3 is 11.9 Å². The average Bonchev–Trinajstić information content (AvgIpc) is 3.27. The molecule has 0 heterocycles. The fourth-order valence-electron chi connectivity index (χ4n) is 7.30. The lowest BCUT2D eigenvalue weighted by Gasteiger charge is -2.18. The van der Waals surface area contributed by atoms with Crippen molar-refractivity contribution < 1.29 is 23.8 Å². The number of allylic oxidation sites excluding steroid dienone is 12. The second-order valence-electron chi connectivity index (χ2n) is 17.4. The lowest BCUT2D eigenvalue weighted by atomic mass is 10.1. The Kier molecular flexibility index (Phi) is 50.4. The Morgan fingerprint density at radius 2 is 0.726 bits per heavy atom. The summed E-state index contributed by atoms with van der Waals surface area (Å²) in [6.45, 7) is 7.64. The summed E-state index contributed by atoms with van der Waals surface area (Å²) >= 11 is 0. The number of hydrogen-bond acceptors (Lipinski definition) is 5. The predicted molar refractivity (Wildman–Crippen MR) is 270 cm³/mol. The fraction of sp³-hybridized carbons (Fsp3) is 0.754. The molecule has 0 aliphatic carbocycles. The molecule has 0 aliphatic heterocycles. The van der Waals surface area contributed by atoms with Crippen molar-refractivity contribution in [1.82, 2.24) is 0 Å². The van der Waals surface area contributed by atoms with Crippen LogP contribution in [0.1, 0.15) is 252 Å². The van der Waals surface area contributed by atoms with Gasteiger partial charge in [-0.1, -0.05) is 222 Å². The molecule has 0 saturated carbocycles. The first-order valence-corrected chi connectivity index (χ1v) is 26.5. The minimum Gasteiger partial charge on any atom is -0.462 e. The zero-order chi connectivity index (χ0) is 44.9. The van der Waals surface area contributed by atoms with Crippen molar-refractivity contribution >= 4 is 11.9 Å². The Hall–Kier alpha value is -2.66. The Morgan fingerprint density at radius 3 is 1.19 bits per heavy atom. The Bertz CT molecular complexity index is 1110. The third kappa shape index (κ3) is 50.0. The smallest absolute Gasteiger partial charge is 0.306 e. The van der Waals surface area contributed by atoms with Gasteiger partial charge in [0.2, 0.25) is 0 Å². The van der Waals surface area contributed by atoms with Crippen LogP contribution in [-0.4, -0.2) is 37.9 Å². The van der Waals surface area contributed by atoms with E-state index < -0.39 is 6.10 Å². The fourth-order valence-corrected chi connectivity index (χ4v) is 7.30. The highest BCUT2D eigenvalue weighted by Gasteiger charge is 2.17.